The third-order valence-corrected chi connectivity index (χ3v) is 3.79. The molecule has 0 bridgehead atoms. The SMILES string of the molecule is Cc1ccc(-n2cccn2)cc1NC(=O)NCCc1nccn1C. The highest BCUT2D eigenvalue weighted by Gasteiger charge is 2.07. The molecule has 3 rings (SSSR count). The van der Waals surface area contributed by atoms with Gasteiger partial charge in [-0.2, -0.15) is 5.10 Å². The number of anilines is 1. The summed E-state index contributed by atoms with van der Waals surface area (Å²) in [4.78, 5) is 16.3. The van der Waals surface area contributed by atoms with Gasteiger partial charge in [0.25, 0.3) is 0 Å². The molecule has 0 aliphatic carbocycles. The fourth-order valence-corrected chi connectivity index (χ4v) is 2.40. The molecule has 0 fully saturated rings. The van der Waals surface area contributed by atoms with Gasteiger partial charge in [0.15, 0.2) is 0 Å². The van der Waals surface area contributed by atoms with E-state index in [1.165, 1.54) is 0 Å². The lowest BCUT2D eigenvalue weighted by atomic mass is 10.2. The smallest absolute Gasteiger partial charge is 0.319 e. The van der Waals surface area contributed by atoms with Gasteiger partial charge in [-0.3, -0.25) is 0 Å². The number of aryl methyl sites for hydroxylation is 2. The number of benzene rings is 1. The monoisotopic (exact) mass is 324 g/mol. The summed E-state index contributed by atoms with van der Waals surface area (Å²) in [5.74, 6) is 0.937. The standard InChI is InChI=1S/C17H20N6O/c1-13-4-5-14(23-10-3-7-20-23)12-15(13)21-17(24)19-8-6-16-18-9-11-22(16)2/h3-5,7,9-12H,6,8H2,1-2H3,(H2,19,21,24). The zero-order chi connectivity index (χ0) is 16.9. The van der Waals surface area contributed by atoms with Crippen LogP contribution in [0.2, 0.25) is 0 Å². The van der Waals surface area contributed by atoms with Crippen molar-refractivity contribution in [3.63, 3.8) is 0 Å². The van der Waals surface area contributed by atoms with E-state index in [0.29, 0.717) is 13.0 Å². The molecule has 0 spiro atoms. The largest absolute Gasteiger partial charge is 0.338 e. The van der Waals surface area contributed by atoms with Crippen LogP contribution in [-0.4, -0.2) is 31.9 Å². The molecule has 0 atom stereocenters. The summed E-state index contributed by atoms with van der Waals surface area (Å²) in [5.41, 5.74) is 2.65. The molecule has 0 saturated heterocycles. The van der Waals surface area contributed by atoms with E-state index in [1.807, 2.05) is 55.2 Å². The van der Waals surface area contributed by atoms with E-state index in [4.69, 9.17) is 0 Å². The van der Waals surface area contributed by atoms with Crippen molar-refractivity contribution in [2.45, 2.75) is 13.3 Å². The molecule has 0 unspecified atom stereocenters. The Morgan fingerprint density at radius 3 is 2.83 bits per heavy atom. The average molecular weight is 324 g/mol. The third kappa shape index (κ3) is 3.62. The average Bonchev–Trinajstić information content (AvgIpc) is 3.22. The molecule has 7 nitrogen and oxygen atoms in total. The molecule has 24 heavy (non-hydrogen) atoms. The Bertz CT molecular complexity index is 821. The molecule has 2 heterocycles. The normalized spacial score (nSPS) is 10.6. The predicted octanol–water partition coefficient (Wildman–Crippen LogP) is 2.28. The number of rotatable bonds is 5. The highest BCUT2D eigenvalue weighted by Crippen LogP contribution is 2.19. The molecule has 1 aromatic carbocycles. The molecule has 2 amide bonds. The number of hydrogen-bond acceptors (Lipinski definition) is 3. The summed E-state index contributed by atoms with van der Waals surface area (Å²) in [6.07, 6.45) is 7.90. The number of imidazole rings is 1. The molecule has 0 aliphatic heterocycles. The summed E-state index contributed by atoms with van der Waals surface area (Å²) in [6.45, 7) is 2.48. The van der Waals surface area contributed by atoms with Crippen molar-refractivity contribution in [2.75, 3.05) is 11.9 Å². The van der Waals surface area contributed by atoms with Gasteiger partial charge in [0.1, 0.15) is 5.82 Å². The van der Waals surface area contributed by atoms with Crippen LogP contribution in [0, 0.1) is 6.92 Å². The first-order valence-electron chi connectivity index (χ1n) is 7.75. The minimum Gasteiger partial charge on any atom is -0.338 e. The van der Waals surface area contributed by atoms with Gasteiger partial charge < -0.3 is 15.2 Å². The Balaban J connectivity index is 1.59. The van der Waals surface area contributed by atoms with Crippen LogP contribution in [-0.2, 0) is 13.5 Å². The van der Waals surface area contributed by atoms with E-state index in [1.54, 1.807) is 17.1 Å². The molecular weight excluding hydrogens is 304 g/mol. The lowest BCUT2D eigenvalue weighted by Gasteiger charge is -2.12. The van der Waals surface area contributed by atoms with Gasteiger partial charge in [0, 0.05) is 50.5 Å². The van der Waals surface area contributed by atoms with Crippen molar-refractivity contribution in [1.82, 2.24) is 24.6 Å². The first-order valence-corrected chi connectivity index (χ1v) is 7.75. The maximum absolute atomic E-state index is 12.1. The number of carbonyl (C=O) groups is 1. The summed E-state index contributed by atoms with van der Waals surface area (Å²) in [6, 6.07) is 7.45. The summed E-state index contributed by atoms with van der Waals surface area (Å²) < 4.78 is 3.70. The number of amides is 2. The van der Waals surface area contributed by atoms with Crippen LogP contribution in [0.15, 0.2) is 49.1 Å². The van der Waals surface area contributed by atoms with Crippen molar-refractivity contribution in [1.29, 1.82) is 0 Å². The zero-order valence-electron chi connectivity index (χ0n) is 13.7. The fraction of sp³-hybridized carbons (Fsp3) is 0.235. The van der Waals surface area contributed by atoms with Gasteiger partial charge in [-0.1, -0.05) is 6.07 Å². The van der Waals surface area contributed by atoms with Gasteiger partial charge in [-0.15, -0.1) is 0 Å². The molecule has 0 aliphatic rings. The van der Waals surface area contributed by atoms with Gasteiger partial charge in [0.05, 0.1) is 5.69 Å². The van der Waals surface area contributed by atoms with Crippen LogP contribution in [0.25, 0.3) is 5.69 Å². The number of nitrogens with one attached hydrogen (secondary N) is 2. The molecular formula is C17H20N6O. The van der Waals surface area contributed by atoms with Gasteiger partial charge in [-0.25, -0.2) is 14.5 Å². The fourth-order valence-electron chi connectivity index (χ4n) is 2.40. The predicted molar refractivity (Wildman–Crippen MR) is 92.2 cm³/mol. The van der Waals surface area contributed by atoms with E-state index >= 15 is 0 Å². The molecule has 7 heteroatoms. The van der Waals surface area contributed by atoms with Crippen LogP contribution < -0.4 is 10.6 Å². The lowest BCUT2D eigenvalue weighted by Crippen LogP contribution is -2.31. The number of carbonyl (C=O) groups excluding carboxylic acids is 1. The minimum atomic E-state index is -0.232. The van der Waals surface area contributed by atoms with E-state index in [-0.39, 0.29) is 6.03 Å². The molecule has 0 radical (unpaired) electrons. The number of nitrogens with zero attached hydrogens (tertiary/aromatic N) is 4. The minimum absolute atomic E-state index is 0.232. The molecule has 2 N–H and O–H groups in total. The molecule has 0 saturated carbocycles. The van der Waals surface area contributed by atoms with E-state index in [0.717, 1.165) is 22.8 Å². The number of aromatic nitrogens is 4. The third-order valence-electron chi connectivity index (χ3n) is 3.79. The second-order valence-electron chi connectivity index (χ2n) is 5.54. The Morgan fingerprint density at radius 1 is 1.25 bits per heavy atom. The molecule has 124 valence electrons. The highest BCUT2D eigenvalue weighted by atomic mass is 16.2. The molecule has 3 aromatic rings. The van der Waals surface area contributed by atoms with Crippen LogP contribution in [0.5, 0.6) is 0 Å². The van der Waals surface area contributed by atoms with E-state index < -0.39 is 0 Å². The van der Waals surface area contributed by atoms with Gasteiger partial charge >= 0.3 is 6.03 Å². The van der Waals surface area contributed by atoms with Crippen molar-refractivity contribution in [2.24, 2.45) is 7.05 Å². The number of hydrogen-bond donors (Lipinski definition) is 2. The van der Waals surface area contributed by atoms with Gasteiger partial charge in [-0.05, 0) is 30.7 Å². The van der Waals surface area contributed by atoms with Crippen LogP contribution >= 0.6 is 0 Å². The summed E-state index contributed by atoms with van der Waals surface area (Å²) >= 11 is 0. The Hall–Kier alpha value is -3.09. The Labute approximate surface area is 140 Å². The number of urea groups is 1. The first kappa shape index (κ1) is 15.8. The quantitative estimate of drug-likeness (QED) is 0.756. The zero-order valence-corrected chi connectivity index (χ0v) is 13.7. The summed E-state index contributed by atoms with van der Waals surface area (Å²) in [7, 11) is 1.94. The van der Waals surface area contributed by atoms with Crippen molar-refractivity contribution < 1.29 is 4.79 Å². The van der Waals surface area contributed by atoms with Crippen LogP contribution in [0.3, 0.4) is 0 Å². The topological polar surface area (TPSA) is 76.8 Å². The van der Waals surface area contributed by atoms with E-state index in [2.05, 4.69) is 20.7 Å². The Kier molecular flexibility index (Phi) is 4.60. The second kappa shape index (κ2) is 6.99. The maximum atomic E-state index is 12.1. The van der Waals surface area contributed by atoms with Crippen molar-refractivity contribution in [3.05, 3.63) is 60.4 Å². The molecule has 2 aromatic heterocycles. The first-order chi connectivity index (χ1) is 11.6. The van der Waals surface area contributed by atoms with Crippen molar-refractivity contribution >= 4 is 11.7 Å². The lowest BCUT2D eigenvalue weighted by molar-refractivity contribution is 0.252. The van der Waals surface area contributed by atoms with Crippen LogP contribution in [0.4, 0.5) is 10.5 Å². The maximum Gasteiger partial charge on any atom is 0.319 e. The van der Waals surface area contributed by atoms with Gasteiger partial charge in [0.2, 0.25) is 0 Å². The van der Waals surface area contributed by atoms with E-state index in [9.17, 15) is 4.79 Å². The summed E-state index contributed by atoms with van der Waals surface area (Å²) in [5, 5.41) is 9.94. The second-order valence-corrected chi connectivity index (χ2v) is 5.54. The van der Waals surface area contributed by atoms with Crippen molar-refractivity contribution in [3.8, 4) is 5.69 Å². The highest BCUT2D eigenvalue weighted by molar-refractivity contribution is 5.90. The Morgan fingerprint density at radius 2 is 2.12 bits per heavy atom. The van der Waals surface area contributed by atoms with Crippen LogP contribution in [0.1, 0.15) is 11.4 Å².